The van der Waals surface area contributed by atoms with Crippen molar-refractivity contribution in [2.45, 2.75) is 31.0 Å². The fraction of sp³-hybridized carbons (Fsp3) is 0.192. The maximum absolute atomic E-state index is 13.1. The van der Waals surface area contributed by atoms with Crippen molar-refractivity contribution in [3.8, 4) is 0 Å². The molecule has 0 aliphatic carbocycles. The summed E-state index contributed by atoms with van der Waals surface area (Å²) >= 11 is 0. The summed E-state index contributed by atoms with van der Waals surface area (Å²) in [5.41, 5.74) is 8.29. The molecular weight excluding hydrogens is 418 g/mol. The van der Waals surface area contributed by atoms with Crippen LogP contribution in [0.1, 0.15) is 22.7 Å². The van der Waals surface area contributed by atoms with E-state index in [-0.39, 0.29) is 6.42 Å². The molecule has 2 amide bonds. The molecule has 0 fully saturated rings. The molecule has 0 aromatic heterocycles. The zero-order chi connectivity index (χ0) is 23.6. The quantitative estimate of drug-likeness (QED) is 0.381. The molecule has 0 aliphatic rings. The van der Waals surface area contributed by atoms with E-state index in [0.29, 0.717) is 12.0 Å². The van der Waals surface area contributed by atoms with Crippen molar-refractivity contribution < 1.29 is 19.5 Å². The van der Waals surface area contributed by atoms with Crippen LogP contribution in [0.3, 0.4) is 0 Å². The van der Waals surface area contributed by atoms with Crippen molar-refractivity contribution >= 4 is 17.8 Å². The van der Waals surface area contributed by atoms with Gasteiger partial charge < -0.3 is 21.5 Å². The minimum Gasteiger partial charge on any atom is -0.480 e. The Hall–Kier alpha value is -3.97. The summed E-state index contributed by atoms with van der Waals surface area (Å²) in [7, 11) is 0. The van der Waals surface area contributed by atoms with Crippen LogP contribution in [-0.2, 0) is 27.2 Å². The van der Waals surface area contributed by atoms with Gasteiger partial charge >= 0.3 is 5.97 Å². The highest BCUT2D eigenvalue weighted by atomic mass is 16.4. The van der Waals surface area contributed by atoms with Gasteiger partial charge in [0.1, 0.15) is 12.1 Å². The van der Waals surface area contributed by atoms with Crippen molar-refractivity contribution in [3.05, 3.63) is 108 Å². The number of benzene rings is 3. The Morgan fingerprint density at radius 3 is 1.70 bits per heavy atom. The van der Waals surface area contributed by atoms with E-state index in [4.69, 9.17) is 5.73 Å². The molecule has 0 saturated carbocycles. The standard InChI is InChI=1S/C26H27N3O4/c27-21(16-18-10-4-1-5-11-18)24(30)29-23(20-14-8-3-9-15-20)25(31)28-22(26(32)33)17-19-12-6-2-7-13-19/h1-15,21-23H,16-17,27H2,(H,28,31)(H,29,30)(H,32,33)/t21-,22-,23+/m0/s1. The number of nitrogens with two attached hydrogens (primary N) is 1. The van der Waals surface area contributed by atoms with E-state index < -0.39 is 35.9 Å². The highest BCUT2D eigenvalue weighted by Crippen LogP contribution is 2.15. The number of carbonyl (C=O) groups excluding carboxylic acids is 2. The summed E-state index contributed by atoms with van der Waals surface area (Å²) in [5, 5.41) is 14.9. The number of carbonyl (C=O) groups is 3. The highest BCUT2D eigenvalue weighted by Gasteiger charge is 2.29. The van der Waals surface area contributed by atoms with Gasteiger partial charge in [0.2, 0.25) is 11.8 Å². The molecule has 3 aromatic rings. The van der Waals surface area contributed by atoms with Crippen LogP contribution >= 0.6 is 0 Å². The molecule has 7 heteroatoms. The molecule has 7 nitrogen and oxygen atoms in total. The molecule has 5 N–H and O–H groups in total. The number of hydrogen-bond donors (Lipinski definition) is 4. The van der Waals surface area contributed by atoms with Gasteiger partial charge in [0.15, 0.2) is 0 Å². The molecule has 0 unspecified atom stereocenters. The molecule has 0 radical (unpaired) electrons. The Bertz CT molecular complexity index is 1060. The molecule has 3 rings (SSSR count). The summed E-state index contributed by atoms with van der Waals surface area (Å²) in [6.45, 7) is 0. The van der Waals surface area contributed by atoms with Gasteiger partial charge in [-0.05, 0) is 23.1 Å². The predicted octanol–water partition coefficient (Wildman–Crippen LogP) is 2.23. The van der Waals surface area contributed by atoms with E-state index in [0.717, 1.165) is 11.1 Å². The van der Waals surface area contributed by atoms with Gasteiger partial charge in [-0.1, -0.05) is 91.0 Å². The molecule has 0 spiro atoms. The smallest absolute Gasteiger partial charge is 0.326 e. The van der Waals surface area contributed by atoms with Gasteiger partial charge in [-0.2, -0.15) is 0 Å². The van der Waals surface area contributed by atoms with Crippen molar-refractivity contribution in [3.63, 3.8) is 0 Å². The average Bonchev–Trinajstić information content (AvgIpc) is 2.83. The van der Waals surface area contributed by atoms with Crippen LogP contribution in [0.4, 0.5) is 0 Å². The molecule has 3 aromatic carbocycles. The van der Waals surface area contributed by atoms with Gasteiger partial charge in [0.05, 0.1) is 6.04 Å². The summed E-state index contributed by atoms with van der Waals surface area (Å²) in [5.74, 6) is -2.28. The van der Waals surface area contributed by atoms with E-state index in [1.54, 1.807) is 54.6 Å². The summed E-state index contributed by atoms with van der Waals surface area (Å²) in [4.78, 5) is 37.8. The van der Waals surface area contributed by atoms with E-state index >= 15 is 0 Å². The average molecular weight is 446 g/mol. The SMILES string of the molecule is N[C@@H](Cc1ccccc1)C(=O)N[C@@H](C(=O)N[C@@H](Cc1ccccc1)C(=O)O)c1ccccc1. The topological polar surface area (TPSA) is 122 Å². The number of aliphatic carboxylic acids is 1. The monoisotopic (exact) mass is 445 g/mol. The van der Waals surface area contributed by atoms with Gasteiger partial charge in [0, 0.05) is 6.42 Å². The fourth-order valence-electron chi connectivity index (χ4n) is 3.46. The Morgan fingerprint density at radius 1 is 0.697 bits per heavy atom. The van der Waals surface area contributed by atoms with Crippen molar-refractivity contribution in [1.82, 2.24) is 10.6 Å². The van der Waals surface area contributed by atoms with Crippen LogP contribution in [0.25, 0.3) is 0 Å². The number of hydrogen-bond acceptors (Lipinski definition) is 4. The van der Waals surface area contributed by atoms with Gasteiger partial charge in [0.25, 0.3) is 0 Å². The lowest BCUT2D eigenvalue weighted by atomic mass is 10.0. The Kier molecular flexibility index (Phi) is 8.32. The zero-order valence-corrected chi connectivity index (χ0v) is 18.1. The summed E-state index contributed by atoms with van der Waals surface area (Å²) in [6.07, 6.45) is 0.423. The van der Waals surface area contributed by atoms with Crippen LogP contribution in [0.15, 0.2) is 91.0 Å². The van der Waals surface area contributed by atoms with E-state index in [9.17, 15) is 19.5 Å². The Balaban J connectivity index is 1.74. The highest BCUT2D eigenvalue weighted by molar-refractivity contribution is 5.92. The second-order valence-corrected chi connectivity index (χ2v) is 7.74. The second kappa shape index (κ2) is 11.6. The van der Waals surface area contributed by atoms with Crippen molar-refractivity contribution in [2.75, 3.05) is 0 Å². The van der Waals surface area contributed by atoms with Gasteiger partial charge in [-0.25, -0.2) is 4.79 Å². The third-order valence-corrected chi connectivity index (χ3v) is 5.21. The first-order valence-electron chi connectivity index (χ1n) is 10.7. The maximum Gasteiger partial charge on any atom is 0.326 e. The molecule has 3 atom stereocenters. The minimum atomic E-state index is -1.16. The Morgan fingerprint density at radius 2 is 1.18 bits per heavy atom. The van der Waals surface area contributed by atoms with Crippen molar-refractivity contribution in [1.29, 1.82) is 0 Å². The van der Waals surface area contributed by atoms with Crippen LogP contribution in [0.5, 0.6) is 0 Å². The lowest BCUT2D eigenvalue weighted by Gasteiger charge is -2.23. The summed E-state index contributed by atoms with van der Waals surface area (Å²) in [6, 6.07) is 23.9. The molecule has 0 heterocycles. The van der Waals surface area contributed by atoms with Gasteiger partial charge in [-0.15, -0.1) is 0 Å². The number of amides is 2. The van der Waals surface area contributed by atoms with Crippen LogP contribution in [0.2, 0.25) is 0 Å². The number of carboxylic acids is 1. The minimum absolute atomic E-state index is 0.116. The normalized spacial score (nSPS) is 13.4. The third-order valence-electron chi connectivity index (χ3n) is 5.21. The molecule has 0 saturated heterocycles. The third kappa shape index (κ3) is 7.02. The molecular formula is C26H27N3O4. The molecule has 170 valence electrons. The predicted molar refractivity (Wildman–Crippen MR) is 125 cm³/mol. The Labute approximate surface area is 192 Å². The van der Waals surface area contributed by atoms with Gasteiger partial charge in [-0.3, -0.25) is 9.59 Å². The lowest BCUT2D eigenvalue weighted by Crippen LogP contribution is -2.51. The van der Waals surface area contributed by atoms with E-state index in [2.05, 4.69) is 10.6 Å². The second-order valence-electron chi connectivity index (χ2n) is 7.74. The maximum atomic E-state index is 13.1. The van der Waals surface area contributed by atoms with E-state index in [1.807, 2.05) is 36.4 Å². The summed E-state index contributed by atoms with van der Waals surface area (Å²) < 4.78 is 0. The van der Waals surface area contributed by atoms with Crippen molar-refractivity contribution in [2.24, 2.45) is 5.73 Å². The van der Waals surface area contributed by atoms with Crippen LogP contribution < -0.4 is 16.4 Å². The number of nitrogens with one attached hydrogen (secondary N) is 2. The van der Waals surface area contributed by atoms with Crippen LogP contribution in [-0.4, -0.2) is 35.0 Å². The fourth-order valence-corrected chi connectivity index (χ4v) is 3.46. The zero-order valence-electron chi connectivity index (χ0n) is 18.1. The lowest BCUT2D eigenvalue weighted by molar-refractivity contribution is -0.142. The first-order chi connectivity index (χ1) is 15.9. The van der Waals surface area contributed by atoms with Crippen LogP contribution in [0, 0.1) is 0 Å². The largest absolute Gasteiger partial charge is 0.480 e. The number of rotatable bonds is 10. The molecule has 0 aliphatic heterocycles. The molecule has 33 heavy (non-hydrogen) atoms. The molecule has 0 bridgehead atoms. The first kappa shape index (κ1) is 23.7. The van der Waals surface area contributed by atoms with E-state index in [1.165, 1.54) is 0 Å². The first-order valence-corrected chi connectivity index (χ1v) is 10.7. The number of carboxylic acid groups (broad SMARTS) is 1.